The standard InChI is InChI=1S/C5H12.C2H5N.C2H6/c1-3-5-4-2;1-2-3;1-2/h3-5H2,1-2H3;2-3H,1H3;1-2H3. The van der Waals surface area contributed by atoms with Crippen LogP contribution in [0.25, 0.3) is 0 Å². The van der Waals surface area contributed by atoms with E-state index < -0.39 is 0 Å². The van der Waals surface area contributed by atoms with E-state index in [9.17, 15) is 0 Å². The Kier molecular flexibility index (Phi) is 61.9. The van der Waals surface area contributed by atoms with Gasteiger partial charge in [-0.1, -0.05) is 47.0 Å². The Bertz CT molecular complexity index is 31.7. The second-order valence-electron chi connectivity index (χ2n) is 1.64. The number of nitrogens with one attached hydrogen (secondary N) is 1. The Morgan fingerprint density at radius 1 is 1.10 bits per heavy atom. The maximum atomic E-state index is 6.08. The van der Waals surface area contributed by atoms with Crippen molar-refractivity contribution in [2.45, 2.75) is 53.9 Å². The first kappa shape index (κ1) is 16.3. The third-order valence-corrected chi connectivity index (χ3v) is 0.707. The zero-order valence-corrected chi connectivity index (χ0v) is 8.20. The summed E-state index contributed by atoms with van der Waals surface area (Å²) in [6.07, 6.45) is 5.33. The van der Waals surface area contributed by atoms with Gasteiger partial charge in [-0.15, -0.1) is 0 Å². The minimum Gasteiger partial charge on any atom is -0.313 e. The van der Waals surface area contributed by atoms with E-state index in [1.54, 1.807) is 6.92 Å². The van der Waals surface area contributed by atoms with Crippen LogP contribution in [0.1, 0.15) is 53.9 Å². The van der Waals surface area contributed by atoms with Crippen molar-refractivity contribution >= 4 is 6.21 Å². The van der Waals surface area contributed by atoms with Gasteiger partial charge < -0.3 is 5.41 Å². The fourth-order valence-corrected chi connectivity index (χ4v) is 0.354. The number of rotatable bonds is 2. The van der Waals surface area contributed by atoms with Crippen LogP contribution >= 0.6 is 0 Å². The van der Waals surface area contributed by atoms with Gasteiger partial charge in [-0.05, 0) is 13.1 Å². The van der Waals surface area contributed by atoms with E-state index in [0.29, 0.717) is 0 Å². The molecule has 0 spiro atoms. The van der Waals surface area contributed by atoms with Crippen LogP contribution < -0.4 is 0 Å². The fourth-order valence-electron chi connectivity index (χ4n) is 0.354. The first-order valence-corrected chi connectivity index (χ1v) is 4.28. The van der Waals surface area contributed by atoms with Gasteiger partial charge in [0.1, 0.15) is 0 Å². The first-order valence-electron chi connectivity index (χ1n) is 4.28. The maximum Gasteiger partial charge on any atom is -0.00788 e. The summed E-state index contributed by atoms with van der Waals surface area (Å²) in [6.45, 7) is 10.1. The molecule has 1 heteroatoms. The van der Waals surface area contributed by atoms with Crippen molar-refractivity contribution < 1.29 is 0 Å². The molecular formula is C9H23N. The molecule has 0 bridgehead atoms. The molecule has 0 unspecified atom stereocenters. The summed E-state index contributed by atoms with van der Waals surface area (Å²) in [4.78, 5) is 0. The molecular weight excluding hydrogens is 122 g/mol. The van der Waals surface area contributed by atoms with E-state index in [4.69, 9.17) is 5.41 Å². The summed E-state index contributed by atoms with van der Waals surface area (Å²) in [6, 6.07) is 0. The Morgan fingerprint density at radius 2 is 1.30 bits per heavy atom. The Morgan fingerprint density at radius 3 is 1.30 bits per heavy atom. The largest absolute Gasteiger partial charge is 0.313 e. The molecule has 10 heavy (non-hydrogen) atoms. The van der Waals surface area contributed by atoms with E-state index in [2.05, 4.69) is 13.8 Å². The SMILES string of the molecule is CC.CC=N.CCCCC. The summed E-state index contributed by atoms with van der Waals surface area (Å²) in [7, 11) is 0. The van der Waals surface area contributed by atoms with Crippen molar-refractivity contribution in [2.75, 3.05) is 0 Å². The van der Waals surface area contributed by atoms with Gasteiger partial charge in [-0.3, -0.25) is 0 Å². The second-order valence-corrected chi connectivity index (χ2v) is 1.64. The lowest BCUT2D eigenvalue weighted by atomic mass is 10.3. The third-order valence-electron chi connectivity index (χ3n) is 0.707. The summed E-state index contributed by atoms with van der Waals surface area (Å²) < 4.78 is 0. The average Bonchev–Trinajstić information content (AvgIpc) is 1.96. The van der Waals surface area contributed by atoms with E-state index in [1.807, 2.05) is 13.8 Å². The lowest BCUT2D eigenvalue weighted by Crippen LogP contribution is -1.59. The zero-order valence-electron chi connectivity index (χ0n) is 8.20. The molecule has 0 rings (SSSR count). The molecule has 0 saturated heterocycles. The first-order chi connectivity index (χ1) is 4.83. The predicted molar refractivity (Wildman–Crippen MR) is 51.0 cm³/mol. The number of hydrogen-bond donors (Lipinski definition) is 1. The van der Waals surface area contributed by atoms with Crippen LogP contribution in [0.4, 0.5) is 0 Å². The topological polar surface area (TPSA) is 23.9 Å². The summed E-state index contributed by atoms with van der Waals surface area (Å²) in [5.41, 5.74) is 0. The normalized spacial score (nSPS) is 6.10. The lowest BCUT2D eigenvalue weighted by molar-refractivity contribution is 0.772. The summed E-state index contributed by atoms with van der Waals surface area (Å²) >= 11 is 0. The quantitative estimate of drug-likeness (QED) is 0.570. The van der Waals surface area contributed by atoms with Crippen molar-refractivity contribution in [1.82, 2.24) is 0 Å². The molecule has 64 valence electrons. The molecule has 0 aromatic rings. The van der Waals surface area contributed by atoms with Gasteiger partial charge in [0, 0.05) is 0 Å². The van der Waals surface area contributed by atoms with Crippen LogP contribution in [-0.4, -0.2) is 6.21 Å². The van der Waals surface area contributed by atoms with Crippen LogP contribution in [0, 0.1) is 5.41 Å². The van der Waals surface area contributed by atoms with Gasteiger partial charge in [0.25, 0.3) is 0 Å². The van der Waals surface area contributed by atoms with E-state index in [1.165, 1.54) is 25.5 Å². The van der Waals surface area contributed by atoms with Crippen LogP contribution in [-0.2, 0) is 0 Å². The van der Waals surface area contributed by atoms with E-state index in [-0.39, 0.29) is 0 Å². The maximum absolute atomic E-state index is 6.08. The van der Waals surface area contributed by atoms with Crippen LogP contribution in [0.3, 0.4) is 0 Å². The molecule has 0 aliphatic rings. The molecule has 0 aromatic carbocycles. The highest BCUT2D eigenvalue weighted by Gasteiger charge is 1.68. The molecule has 0 aliphatic carbocycles. The van der Waals surface area contributed by atoms with Gasteiger partial charge in [-0.25, -0.2) is 0 Å². The highest BCUT2D eigenvalue weighted by molar-refractivity contribution is 5.48. The highest BCUT2D eigenvalue weighted by atomic mass is 14.3. The zero-order chi connectivity index (χ0) is 8.83. The molecule has 0 aliphatic heterocycles. The van der Waals surface area contributed by atoms with Crippen molar-refractivity contribution in [1.29, 1.82) is 5.41 Å². The second kappa shape index (κ2) is 37.9. The molecule has 0 radical (unpaired) electrons. The highest BCUT2D eigenvalue weighted by Crippen LogP contribution is 1.88. The van der Waals surface area contributed by atoms with Crippen LogP contribution in [0.2, 0.25) is 0 Å². The fraction of sp³-hybridized carbons (Fsp3) is 0.889. The van der Waals surface area contributed by atoms with Crippen molar-refractivity contribution in [3.05, 3.63) is 0 Å². The lowest BCUT2D eigenvalue weighted by Gasteiger charge is -1.79. The Balaban J connectivity index is -0.0000000847. The van der Waals surface area contributed by atoms with Crippen molar-refractivity contribution in [3.63, 3.8) is 0 Å². The molecule has 1 N–H and O–H groups in total. The third kappa shape index (κ3) is 122. The molecule has 0 amide bonds. The van der Waals surface area contributed by atoms with Gasteiger partial charge in [0.2, 0.25) is 0 Å². The predicted octanol–water partition coefficient (Wildman–Crippen LogP) is 3.88. The monoisotopic (exact) mass is 145 g/mol. The van der Waals surface area contributed by atoms with Gasteiger partial charge in [0.05, 0.1) is 0 Å². The molecule has 0 heterocycles. The summed E-state index contributed by atoms with van der Waals surface area (Å²) in [5.74, 6) is 0. The minimum atomic E-state index is 1.25. The average molecular weight is 145 g/mol. The molecule has 0 aromatic heterocycles. The van der Waals surface area contributed by atoms with Gasteiger partial charge in [0.15, 0.2) is 0 Å². The molecule has 0 fully saturated rings. The number of hydrogen-bond acceptors (Lipinski definition) is 1. The number of unbranched alkanes of at least 4 members (excludes halogenated alkanes) is 2. The molecule has 0 atom stereocenters. The van der Waals surface area contributed by atoms with E-state index >= 15 is 0 Å². The molecule has 1 nitrogen and oxygen atoms in total. The summed E-state index contributed by atoms with van der Waals surface area (Å²) in [5, 5.41) is 6.08. The van der Waals surface area contributed by atoms with Gasteiger partial charge >= 0.3 is 0 Å². The van der Waals surface area contributed by atoms with Crippen molar-refractivity contribution in [3.8, 4) is 0 Å². The Hall–Kier alpha value is -0.330. The van der Waals surface area contributed by atoms with Crippen LogP contribution in [0.5, 0.6) is 0 Å². The Labute approximate surface area is 66.4 Å². The minimum absolute atomic E-state index is 1.25. The van der Waals surface area contributed by atoms with Crippen LogP contribution in [0.15, 0.2) is 0 Å². The molecule has 0 saturated carbocycles. The van der Waals surface area contributed by atoms with E-state index in [0.717, 1.165) is 0 Å². The smallest absolute Gasteiger partial charge is 0.00788 e. The van der Waals surface area contributed by atoms with Gasteiger partial charge in [-0.2, -0.15) is 0 Å². The van der Waals surface area contributed by atoms with Crippen molar-refractivity contribution in [2.24, 2.45) is 0 Å².